The van der Waals surface area contributed by atoms with Crippen molar-refractivity contribution >= 4 is 5.91 Å². The summed E-state index contributed by atoms with van der Waals surface area (Å²) in [5.74, 6) is -0.143. The van der Waals surface area contributed by atoms with Crippen LogP contribution in [0.25, 0.3) is 0 Å². The Labute approximate surface area is 114 Å². The molecule has 0 radical (unpaired) electrons. The number of rotatable bonds is 7. The number of hydrogen-bond acceptors (Lipinski definition) is 4. The normalized spacial score (nSPS) is 12.5. The minimum Gasteiger partial charge on any atom is -0.354 e. The van der Waals surface area contributed by atoms with E-state index in [1.807, 2.05) is 25.1 Å². The van der Waals surface area contributed by atoms with Crippen LogP contribution in [-0.4, -0.2) is 39.0 Å². The standard InChI is InChI=1S/C14H22N2O3/c1-10(14(18-2)19-3)16-13(17)12-7-5-4-6-11(12)8-9-15/h4-7,10,14H,8-9,15H2,1-3H3,(H,16,17). The van der Waals surface area contributed by atoms with Crippen LogP contribution in [-0.2, 0) is 15.9 Å². The summed E-state index contributed by atoms with van der Waals surface area (Å²) < 4.78 is 10.2. The topological polar surface area (TPSA) is 73.6 Å². The molecular formula is C14H22N2O3. The molecule has 0 spiro atoms. The van der Waals surface area contributed by atoms with Crippen LogP contribution < -0.4 is 11.1 Å². The van der Waals surface area contributed by atoms with Crippen molar-refractivity contribution in [1.29, 1.82) is 0 Å². The predicted octanol–water partition coefficient (Wildman–Crippen LogP) is 0.925. The summed E-state index contributed by atoms with van der Waals surface area (Å²) in [7, 11) is 3.08. The van der Waals surface area contributed by atoms with Gasteiger partial charge in [0, 0.05) is 19.8 Å². The summed E-state index contributed by atoms with van der Waals surface area (Å²) in [6, 6.07) is 7.20. The Morgan fingerprint density at radius 2 is 1.95 bits per heavy atom. The third-order valence-electron chi connectivity index (χ3n) is 2.91. The first-order valence-electron chi connectivity index (χ1n) is 6.28. The van der Waals surface area contributed by atoms with Crippen molar-refractivity contribution < 1.29 is 14.3 Å². The molecule has 0 fully saturated rings. The van der Waals surface area contributed by atoms with Crippen LogP contribution in [0.3, 0.4) is 0 Å². The number of carbonyl (C=O) groups excluding carboxylic acids is 1. The van der Waals surface area contributed by atoms with Gasteiger partial charge in [-0.05, 0) is 31.5 Å². The molecule has 1 aromatic carbocycles. The summed E-state index contributed by atoms with van der Waals surface area (Å²) in [5, 5.41) is 2.87. The minimum atomic E-state index is -0.467. The van der Waals surface area contributed by atoms with Crippen molar-refractivity contribution in [3.8, 4) is 0 Å². The first-order valence-corrected chi connectivity index (χ1v) is 6.28. The first kappa shape index (κ1) is 15.6. The lowest BCUT2D eigenvalue weighted by atomic mass is 10.0. The summed E-state index contributed by atoms with van der Waals surface area (Å²) in [4.78, 5) is 12.2. The molecule has 1 unspecified atom stereocenters. The fraction of sp³-hybridized carbons (Fsp3) is 0.500. The van der Waals surface area contributed by atoms with E-state index < -0.39 is 6.29 Å². The average molecular weight is 266 g/mol. The first-order chi connectivity index (χ1) is 9.13. The molecule has 3 N–H and O–H groups in total. The quantitative estimate of drug-likeness (QED) is 0.720. The second kappa shape index (κ2) is 7.89. The van der Waals surface area contributed by atoms with Gasteiger partial charge in [0.2, 0.25) is 0 Å². The molecule has 0 heterocycles. The molecular weight excluding hydrogens is 244 g/mol. The summed E-state index contributed by atoms with van der Waals surface area (Å²) >= 11 is 0. The van der Waals surface area contributed by atoms with Crippen LogP contribution in [0.5, 0.6) is 0 Å². The van der Waals surface area contributed by atoms with E-state index in [1.54, 1.807) is 20.3 Å². The van der Waals surface area contributed by atoms with Gasteiger partial charge in [-0.2, -0.15) is 0 Å². The van der Waals surface area contributed by atoms with Gasteiger partial charge in [0.05, 0.1) is 6.04 Å². The Kier molecular flexibility index (Phi) is 6.49. The van der Waals surface area contributed by atoms with E-state index in [0.717, 1.165) is 5.56 Å². The van der Waals surface area contributed by atoms with Gasteiger partial charge in [-0.25, -0.2) is 0 Å². The zero-order valence-electron chi connectivity index (χ0n) is 11.7. The molecule has 0 aromatic heterocycles. The smallest absolute Gasteiger partial charge is 0.251 e. The van der Waals surface area contributed by atoms with E-state index in [1.165, 1.54) is 0 Å². The van der Waals surface area contributed by atoms with Crippen LogP contribution in [0.2, 0.25) is 0 Å². The van der Waals surface area contributed by atoms with E-state index in [4.69, 9.17) is 15.2 Å². The van der Waals surface area contributed by atoms with Gasteiger partial charge < -0.3 is 20.5 Å². The Morgan fingerprint density at radius 3 is 2.53 bits per heavy atom. The second-order valence-corrected chi connectivity index (χ2v) is 4.30. The number of nitrogens with two attached hydrogens (primary N) is 1. The highest BCUT2D eigenvalue weighted by Crippen LogP contribution is 2.10. The lowest BCUT2D eigenvalue weighted by Crippen LogP contribution is -2.43. The number of amides is 1. The molecule has 0 aliphatic carbocycles. The monoisotopic (exact) mass is 266 g/mol. The maximum Gasteiger partial charge on any atom is 0.251 e. The van der Waals surface area contributed by atoms with Crippen molar-refractivity contribution in [2.24, 2.45) is 5.73 Å². The predicted molar refractivity (Wildman–Crippen MR) is 73.9 cm³/mol. The van der Waals surface area contributed by atoms with Gasteiger partial charge in [-0.1, -0.05) is 18.2 Å². The number of nitrogens with one attached hydrogen (secondary N) is 1. The zero-order chi connectivity index (χ0) is 14.3. The van der Waals surface area contributed by atoms with Gasteiger partial charge in [-0.3, -0.25) is 4.79 Å². The van der Waals surface area contributed by atoms with Crippen LogP contribution in [0.1, 0.15) is 22.8 Å². The molecule has 106 valence electrons. The number of ether oxygens (including phenoxy) is 2. The van der Waals surface area contributed by atoms with Gasteiger partial charge in [-0.15, -0.1) is 0 Å². The lowest BCUT2D eigenvalue weighted by Gasteiger charge is -2.22. The van der Waals surface area contributed by atoms with Gasteiger partial charge in [0.15, 0.2) is 6.29 Å². The molecule has 1 aromatic rings. The van der Waals surface area contributed by atoms with Crippen molar-refractivity contribution in [2.45, 2.75) is 25.7 Å². The molecule has 0 aliphatic rings. The molecule has 5 heteroatoms. The van der Waals surface area contributed by atoms with Crippen molar-refractivity contribution in [3.63, 3.8) is 0 Å². The molecule has 1 amide bonds. The highest BCUT2D eigenvalue weighted by Gasteiger charge is 2.19. The zero-order valence-corrected chi connectivity index (χ0v) is 11.7. The Balaban J connectivity index is 2.77. The van der Waals surface area contributed by atoms with Crippen molar-refractivity contribution in [1.82, 2.24) is 5.32 Å². The van der Waals surface area contributed by atoms with Crippen molar-refractivity contribution in [2.75, 3.05) is 20.8 Å². The highest BCUT2D eigenvalue weighted by atomic mass is 16.7. The van der Waals surface area contributed by atoms with Crippen LogP contribution in [0.4, 0.5) is 0 Å². The van der Waals surface area contributed by atoms with Crippen LogP contribution in [0, 0.1) is 0 Å². The lowest BCUT2D eigenvalue weighted by molar-refractivity contribution is -0.117. The number of hydrogen-bond donors (Lipinski definition) is 2. The Bertz CT molecular complexity index is 405. The van der Waals surface area contributed by atoms with E-state index in [2.05, 4.69) is 5.32 Å². The highest BCUT2D eigenvalue weighted by molar-refractivity contribution is 5.95. The molecule has 1 atom stereocenters. The third kappa shape index (κ3) is 4.31. The SMILES string of the molecule is COC(OC)C(C)NC(=O)c1ccccc1CCN. The number of benzene rings is 1. The number of methoxy groups -OCH3 is 2. The molecule has 1 rings (SSSR count). The van der Waals surface area contributed by atoms with E-state index in [-0.39, 0.29) is 11.9 Å². The third-order valence-corrected chi connectivity index (χ3v) is 2.91. The fourth-order valence-corrected chi connectivity index (χ4v) is 1.97. The largest absolute Gasteiger partial charge is 0.354 e. The maximum atomic E-state index is 12.2. The summed E-state index contributed by atoms with van der Waals surface area (Å²) in [6.07, 6.45) is 0.210. The molecule has 0 saturated heterocycles. The molecule has 19 heavy (non-hydrogen) atoms. The fourth-order valence-electron chi connectivity index (χ4n) is 1.97. The van der Waals surface area contributed by atoms with Crippen LogP contribution >= 0.6 is 0 Å². The maximum absolute atomic E-state index is 12.2. The Morgan fingerprint density at radius 1 is 1.32 bits per heavy atom. The molecule has 5 nitrogen and oxygen atoms in total. The molecule has 0 aliphatic heterocycles. The average Bonchev–Trinajstić information content (AvgIpc) is 2.41. The minimum absolute atomic E-state index is 0.143. The summed E-state index contributed by atoms with van der Waals surface area (Å²) in [5.41, 5.74) is 7.14. The summed E-state index contributed by atoms with van der Waals surface area (Å²) in [6.45, 7) is 2.35. The Hall–Kier alpha value is -1.43. The molecule has 0 bridgehead atoms. The van der Waals surface area contributed by atoms with Gasteiger partial charge >= 0.3 is 0 Å². The van der Waals surface area contributed by atoms with Crippen LogP contribution in [0.15, 0.2) is 24.3 Å². The second-order valence-electron chi connectivity index (χ2n) is 4.30. The molecule has 0 saturated carbocycles. The van der Waals surface area contributed by atoms with E-state index >= 15 is 0 Å². The van der Waals surface area contributed by atoms with Crippen molar-refractivity contribution in [3.05, 3.63) is 35.4 Å². The van der Waals surface area contributed by atoms with E-state index in [0.29, 0.717) is 18.5 Å². The van der Waals surface area contributed by atoms with Gasteiger partial charge in [0.25, 0.3) is 5.91 Å². The van der Waals surface area contributed by atoms with E-state index in [9.17, 15) is 4.79 Å². The van der Waals surface area contributed by atoms with Gasteiger partial charge in [0.1, 0.15) is 0 Å². The number of carbonyl (C=O) groups is 1.